The van der Waals surface area contributed by atoms with E-state index in [0.717, 1.165) is 28.4 Å². The van der Waals surface area contributed by atoms with E-state index in [9.17, 15) is 0 Å². The van der Waals surface area contributed by atoms with E-state index in [1.165, 1.54) is 0 Å². The lowest BCUT2D eigenvalue weighted by Gasteiger charge is -2.10. The van der Waals surface area contributed by atoms with Crippen molar-refractivity contribution in [2.45, 2.75) is 6.61 Å². The molecule has 0 heterocycles. The van der Waals surface area contributed by atoms with Crippen LogP contribution in [0.5, 0.6) is 5.75 Å². The van der Waals surface area contributed by atoms with Gasteiger partial charge in [-0.15, -0.1) is 0 Å². The zero-order chi connectivity index (χ0) is 15.2. The Hall–Kier alpha value is -2.94. The van der Waals surface area contributed by atoms with Crippen molar-refractivity contribution in [2.75, 3.05) is 11.1 Å². The van der Waals surface area contributed by atoms with Crippen molar-refractivity contribution in [3.63, 3.8) is 0 Å². The number of nitrogens with two attached hydrogens (primary N) is 1. The minimum absolute atomic E-state index is 0.562. The van der Waals surface area contributed by atoms with Gasteiger partial charge in [0.25, 0.3) is 0 Å². The standard InChI is InChI=1S/C19H18N2O/c20-16-9-11-17(12-10-16)21-18-7-4-8-19(13-18)22-14-15-5-2-1-3-6-15/h1-13,21H,14,20H2. The molecular weight excluding hydrogens is 272 g/mol. The molecule has 0 aliphatic heterocycles. The lowest BCUT2D eigenvalue weighted by Crippen LogP contribution is -1.96. The van der Waals surface area contributed by atoms with Crippen LogP contribution >= 0.6 is 0 Å². The summed E-state index contributed by atoms with van der Waals surface area (Å²) in [6, 6.07) is 25.7. The summed E-state index contributed by atoms with van der Waals surface area (Å²) in [6.07, 6.45) is 0. The predicted octanol–water partition coefficient (Wildman–Crippen LogP) is 4.59. The summed E-state index contributed by atoms with van der Waals surface area (Å²) in [5.74, 6) is 0.837. The highest BCUT2D eigenvalue weighted by atomic mass is 16.5. The van der Waals surface area contributed by atoms with Crippen molar-refractivity contribution in [3.8, 4) is 5.75 Å². The molecular formula is C19H18N2O. The van der Waals surface area contributed by atoms with Crippen LogP contribution < -0.4 is 15.8 Å². The van der Waals surface area contributed by atoms with Crippen molar-refractivity contribution in [1.82, 2.24) is 0 Å². The number of anilines is 3. The summed E-state index contributed by atoms with van der Waals surface area (Å²) in [5.41, 5.74) is 9.58. The third-order valence-corrected chi connectivity index (χ3v) is 3.28. The summed E-state index contributed by atoms with van der Waals surface area (Å²) >= 11 is 0. The Morgan fingerprint density at radius 1 is 0.773 bits per heavy atom. The zero-order valence-electron chi connectivity index (χ0n) is 12.2. The number of hydrogen-bond acceptors (Lipinski definition) is 3. The number of benzene rings is 3. The van der Waals surface area contributed by atoms with Gasteiger partial charge in [0.05, 0.1) is 0 Å². The smallest absolute Gasteiger partial charge is 0.121 e. The average Bonchev–Trinajstić information content (AvgIpc) is 2.57. The SMILES string of the molecule is Nc1ccc(Nc2cccc(OCc3ccccc3)c2)cc1. The molecule has 0 fully saturated rings. The molecule has 0 aliphatic carbocycles. The molecule has 0 atom stereocenters. The molecule has 0 amide bonds. The van der Waals surface area contributed by atoms with Crippen LogP contribution in [0.25, 0.3) is 0 Å². The first-order valence-corrected chi connectivity index (χ1v) is 7.19. The number of hydrogen-bond donors (Lipinski definition) is 2. The van der Waals surface area contributed by atoms with Gasteiger partial charge in [-0.05, 0) is 42.0 Å². The fraction of sp³-hybridized carbons (Fsp3) is 0.0526. The van der Waals surface area contributed by atoms with Gasteiger partial charge in [-0.25, -0.2) is 0 Å². The van der Waals surface area contributed by atoms with Crippen LogP contribution in [0.3, 0.4) is 0 Å². The molecule has 0 unspecified atom stereocenters. The first-order chi connectivity index (χ1) is 10.8. The van der Waals surface area contributed by atoms with E-state index >= 15 is 0 Å². The first-order valence-electron chi connectivity index (χ1n) is 7.19. The van der Waals surface area contributed by atoms with Gasteiger partial charge in [0.2, 0.25) is 0 Å². The molecule has 3 aromatic carbocycles. The van der Waals surface area contributed by atoms with Gasteiger partial charge >= 0.3 is 0 Å². The lowest BCUT2D eigenvalue weighted by molar-refractivity contribution is 0.306. The molecule has 0 spiro atoms. The third-order valence-electron chi connectivity index (χ3n) is 3.28. The van der Waals surface area contributed by atoms with E-state index in [0.29, 0.717) is 6.61 Å². The molecule has 0 saturated carbocycles. The van der Waals surface area contributed by atoms with Gasteiger partial charge in [0.15, 0.2) is 0 Å². The summed E-state index contributed by atoms with van der Waals surface area (Å²) in [5, 5.41) is 3.33. The van der Waals surface area contributed by atoms with E-state index in [1.807, 2.05) is 66.7 Å². The maximum absolute atomic E-state index is 5.83. The lowest BCUT2D eigenvalue weighted by atomic mass is 10.2. The highest BCUT2D eigenvalue weighted by Gasteiger charge is 1.99. The second kappa shape index (κ2) is 6.68. The van der Waals surface area contributed by atoms with Gasteiger partial charge < -0.3 is 15.8 Å². The van der Waals surface area contributed by atoms with Crippen molar-refractivity contribution in [3.05, 3.63) is 84.4 Å². The molecule has 3 aromatic rings. The van der Waals surface area contributed by atoms with Crippen LogP contribution in [0.2, 0.25) is 0 Å². The zero-order valence-corrected chi connectivity index (χ0v) is 12.2. The van der Waals surface area contributed by atoms with Crippen LogP contribution in [-0.4, -0.2) is 0 Å². The Balaban J connectivity index is 1.66. The van der Waals surface area contributed by atoms with Crippen LogP contribution in [0.1, 0.15) is 5.56 Å². The molecule has 22 heavy (non-hydrogen) atoms. The maximum atomic E-state index is 5.83. The van der Waals surface area contributed by atoms with E-state index in [-0.39, 0.29) is 0 Å². The summed E-state index contributed by atoms with van der Waals surface area (Å²) in [7, 11) is 0. The molecule has 3 rings (SSSR count). The van der Waals surface area contributed by atoms with Gasteiger partial charge in [0, 0.05) is 23.1 Å². The van der Waals surface area contributed by atoms with Gasteiger partial charge in [-0.3, -0.25) is 0 Å². The molecule has 0 aliphatic rings. The van der Waals surface area contributed by atoms with E-state index in [4.69, 9.17) is 10.5 Å². The molecule has 0 saturated heterocycles. The molecule has 3 heteroatoms. The number of nitrogen functional groups attached to an aromatic ring is 1. The maximum Gasteiger partial charge on any atom is 0.121 e. The minimum Gasteiger partial charge on any atom is -0.489 e. The van der Waals surface area contributed by atoms with Gasteiger partial charge in [-0.1, -0.05) is 36.4 Å². The normalized spacial score (nSPS) is 10.2. The highest BCUT2D eigenvalue weighted by Crippen LogP contribution is 2.22. The van der Waals surface area contributed by atoms with Crippen molar-refractivity contribution < 1.29 is 4.74 Å². The fourth-order valence-electron chi connectivity index (χ4n) is 2.14. The Morgan fingerprint density at radius 3 is 2.32 bits per heavy atom. The minimum atomic E-state index is 0.562. The van der Waals surface area contributed by atoms with Crippen LogP contribution in [0.4, 0.5) is 17.1 Å². The van der Waals surface area contributed by atoms with Crippen LogP contribution in [0, 0.1) is 0 Å². The van der Waals surface area contributed by atoms with E-state index in [2.05, 4.69) is 17.4 Å². The summed E-state index contributed by atoms with van der Waals surface area (Å²) in [4.78, 5) is 0. The number of nitrogens with one attached hydrogen (secondary N) is 1. The second-order valence-electron chi connectivity index (χ2n) is 5.05. The Kier molecular flexibility index (Phi) is 4.25. The van der Waals surface area contributed by atoms with Crippen molar-refractivity contribution >= 4 is 17.1 Å². The molecule has 0 bridgehead atoms. The largest absolute Gasteiger partial charge is 0.489 e. The van der Waals surface area contributed by atoms with Crippen molar-refractivity contribution in [2.24, 2.45) is 0 Å². The third kappa shape index (κ3) is 3.79. The summed E-state index contributed by atoms with van der Waals surface area (Å²) < 4.78 is 5.83. The molecule has 3 nitrogen and oxygen atoms in total. The Bertz CT molecular complexity index is 724. The summed E-state index contributed by atoms with van der Waals surface area (Å²) in [6.45, 7) is 0.562. The Labute approximate surface area is 130 Å². The topological polar surface area (TPSA) is 47.3 Å². The number of ether oxygens (including phenoxy) is 1. The van der Waals surface area contributed by atoms with Crippen LogP contribution in [-0.2, 0) is 6.61 Å². The van der Waals surface area contributed by atoms with Gasteiger partial charge in [-0.2, -0.15) is 0 Å². The molecule has 0 aromatic heterocycles. The molecule has 3 N–H and O–H groups in total. The molecule has 0 radical (unpaired) electrons. The fourth-order valence-corrected chi connectivity index (χ4v) is 2.14. The Morgan fingerprint density at radius 2 is 1.55 bits per heavy atom. The second-order valence-corrected chi connectivity index (χ2v) is 5.05. The van der Waals surface area contributed by atoms with Crippen LogP contribution in [0.15, 0.2) is 78.9 Å². The average molecular weight is 290 g/mol. The highest BCUT2D eigenvalue weighted by molar-refractivity contribution is 5.62. The van der Waals surface area contributed by atoms with Crippen molar-refractivity contribution in [1.29, 1.82) is 0 Å². The number of rotatable bonds is 5. The van der Waals surface area contributed by atoms with E-state index < -0.39 is 0 Å². The predicted molar refractivity (Wildman–Crippen MR) is 91.4 cm³/mol. The monoisotopic (exact) mass is 290 g/mol. The quantitative estimate of drug-likeness (QED) is 0.675. The van der Waals surface area contributed by atoms with E-state index in [1.54, 1.807) is 0 Å². The van der Waals surface area contributed by atoms with Gasteiger partial charge in [0.1, 0.15) is 12.4 Å². The molecule has 110 valence electrons. The first kappa shape index (κ1) is 14.0.